The lowest BCUT2D eigenvalue weighted by Gasteiger charge is -2.03. The molecule has 102 valence electrons. The van der Waals surface area contributed by atoms with Crippen LogP contribution in [0.4, 0.5) is 5.69 Å². The Morgan fingerprint density at radius 3 is 2.74 bits per heavy atom. The normalized spacial score (nSPS) is 10.4. The molecule has 0 spiro atoms. The Morgan fingerprint density at radius 1 is 1.37 bits per heavy atom. The molecule has 1 amide bonds. The van der Waals surface area contributed by atoms with Gasteiger partial charge in [0.15, 0.2) is 0 Å². The third-order valence-electron chi connectivity index (χ3n) is 2.39. The molecule has 1 aromatic rings. The average molecular weight is 262 g/mol. The molecule has 0 atom stereocenters. The number of carbonyl (C=O) groups is 2. The zero-order valence-corrected chi connectivity index (χ0v) is 11.1. The molecule has 0 saturated carbocycles. The second-order valence-corrected chi connectivity index (χ2v) is 4.05. The van der Waals surface area contributed by atoms with E-state index < -0.39 is 5.97 Å². The van der Waals surface area contributed by atoms with Gasteiger partial charge in [0.05, 0.1) is 12.7 Å². The molecule has 1 rings (SSSR count). The number of hydrogen-bond donors (Lipinski definition) is 2. The second-order valence-electron chi connectivity index (χ2n) is 4.05. The first-order valence-electron chi connectivity index (χ1n) is 5.93. The first-order chi connectivity index (χ1) is 9.02. The van der Waals surface area contributed by atoms with Gasteiger partial charge < -0.3 is 15.8 Å². The summed E-state index contributed by atoms with van der Waals surface area (Å²) >= 11 is 0. The minimum absolute atomic E-state index is 0.0506. The zero-order valence-electron chi connectivity index (χ0n) is 11.1. The fourth-order valence-corrected chi connectivity index (χ4v) is 1.56. The number of hydrogen-bond acceptors (Lipinski definition) is 4. The van der Waals surface area contributed by atoms with Gasteiger partial charge >= 0.3 is 5.97 Å². The van der Waals surface area contributed by atoms with Gasteiger partial charge in [-0.3, -0.25) is 4.79 Å². The molecular formula is C14H18N2O3. The van der Waals surface area contributed by atoms with Crippen LogP contribution in [0.3, 0.4) is 0 Å². The van der Waals surface area contributed by atoms with E-state index in [1.54, 1.807) is 18.2 Å². The monoisotopic (exact) mass is 262 g/mol. The van der Waals surface area contributed by atoms with Crippen LogP contribution < -0.4 is 11.1 Å². The number of anilines is 1. The zero-order chi connectivity index (χ0) is 14.3. The van der Waals surface area contributed by atoms with E-state index in [1.165, 1.54) is 14.0 Å². The number of esters is 1. The van der Waals surface area contributed by atoms with Gasteiger partial charge in [0.1, 0.15) is 0 Å². The molecule has 1 aromatic carbocycles. The standard InChI is InChI=1S/C14H18N2O3/c1-10(17)16-6-4-3-5-11-7-12(14(18)19-2)9-13(15)8-11/h3,5,7-9H,4,6,15H2,1-2H3,(H,16,17). The highest BCUT2D eigenvalue weighted by molar-refractivity contribution is 5.91. The SMILES string of the molecule is COC(=O)c1cc(N)cc(C=CCCNC(C)=O)c1. The molecule has 0 radical (unpaired) electrons. The van der Waals surface area contributed by atoms with Gasteiger partial charge in [0.2, 0.25) is 5.91 Å². The maximum absolute atomic E-state index is 11.4. The summed E-state index contributed by atoms with van der Waals surface area (Å²) in [6.07, 6.45) is 4.47. The molecule has 19 heavy (non-hydrogen) atoms. The van der Waals surface area contributed by atoms with Crippen LogP contribution in [0.5, 0.6) is 0 Å². The maximum Gasteiger partial charge on any atom is 0.337 e. The van der Waals surface area contributed by atoms with Crippen LogP contribution in [0.15, 0.2) is 24.3 Å². The summed E-state index contributed by atoms with van der Waals surface area (Å²) in [4.78, 5) is 22.1. The van der Waals surface area contributed by atoms with Crippen molar-refractivity contribution in [1.82, 2.24) is 5.32 Å². The van der Waals surface area contributed by atoms with E-state index in [0.29, 0.717) is 24.2 Å². The fourth-order valence-electron chi connectivity index (χ4n) is 1.56. The highest BCUT2D eigenvalue weighted by atomic mass is 16.5. The van der Waals surface area contributed by atoms with Crippen molar-refractivity contribution < 1.29 is 14.3 Å². The summed E-state index contributed by atoms with van der Waals surface area (Å²) in [5.41, 5.74) is 7.47. The Morgan fingerprint density at radius 2 is 2.11 bits per heavy atom. The van der Waals surface area contributed by atoms with Crippen molar-refractivity contribution in [2.75, 3.05) is 19.4 Å². The van der Waals surface area contributed by atoms with Crippen LogP contribution in [-0.4, -0.2) is 25.5 Å². The predicted molar refractivity (Wildman–Crippen MR) is 74.5 cm³/mol. The molecule has 5 nitrogen and oxygen atoms in total. The van der Waals surface area contributed by atoms with Gasteiger partial charge in [-0.1, -0.05) is 12.2 Å². The number of nitrogen functional groups attached to an aromatic ring is 1. The fraction of sp³-hybridized carbons (Fsp3) is 0.286. The molecule has 0 unspecified atom stereocenters. The molecular weight excluding hydrogens is 244 g/mol. The van der Waals surface area contributed by atoms with Gasteiger partial charge in [-0.2, -0.15) is 0 Å². The summed E-state index contributed by atoms with van der Waals surface area (Å²) in [7, 11) is 1.33. The highest BCUT2D eigenvalue weighted by Gasteiger charge is 2.06. The van der Waals surface area contributed by atoms with Crippen LogP contribution in [0, 0.1) is 0 Å². The summed E-state index contributed by atoms with van der Waals surface area (Å²) in [6.45, 7) is 2.06. The lowest BCUT2D eigenvalue weighted by Crippen LogP contribution is -2.20. The van der Waals surface area contributed by atoms with Crippen LogP contribution >= 0.6 is 0 Å². The van der Waals surface area contributed by atoms with E-state index in [-0.39, 0.29) is 5.91 Å². The van der Waals surface area contributed by atoms with E-state index in [0.717, 1.165) is 5.56 Å². The van der Waals surface area contributed by atoms with Crippen LogP contribution in [0.25, 0.3) is 6.08 Å². The van der Waals surface area contributed by atoms with Gasteiger partial charge in [0.25, 0.3) is 0 Å². The van der Waals surface area contributed by atoms with Crippen molar-refractivity contribution in [3.05, 3.63) is 35.4 Å². The molecule has 0 aliphatic carbocycles. The van der Waals surface area contributed by atoms with Crippen molar-refractivity contribution in [2.24, 2.45) is 0 Å². The van der Waals surface area contributed by atoms with E-state index >= 15 is 0 Å². The lowest BCUT2D eigenvalue weighted by atomic mass is 10.1. The Labute approximate surface area is 112 Å². The van der Waals surface area contributed by atoms with E-state index in [1.807, 2.05) is 12.2 Å². The van der Waals surface area contributed by atoms with Crippen molar-refractivity contribution in [3.63, 3.8) is 0 Å². The number of ether oxygens (including phenoxy) is 1. The minimum Gasteiger partial charge on any atom is -0.465 e. The van der Waals surface area contributed by atoms with Gasteiger partial charge in [-0.25, -0.2) is 4.79 Å². The highest BCUT2D eigenvalue weighted by Crippen LogP contribution is 2.14. The third kappa shape index (κ3) is 5.25. The summed E-state index contributed by atoms with van der Waals surface area (Å²) in [6, 6.07) is 5.04. The van der Waals surface area contributed by atoms with Crippen LogP contribution in [0.2, 0.25) is 0 Å². The van der Waals surface area contributed by atoms with Crippen molar-refractivity contribution in [2.45, 2.75) is 13.3 Å². The topological polar surface area (TPSA) is 81.4 Å². The Balaban J connectivity index is 2.67. The summed E-state index contributed by atoms with van der Waals surface area (Å²) < 4.78 is 4.65. The van der Waals surface area contributed by atoms with E-state index in [9.17, 15) is 9.59 Å². The second kappa shape index (κ2) is 7.20. The molecule has 0 aliphatic rings. The number of nitrogens with two attached hydrogens (primary N) is 1. The largest absolute Gasteiger partial charge is 0.465 e. The molecule has 5 heteroatoms. The molecule has 0 bridgehead atoms. The smallest absolute Gasteiger partial charge is 0.337 e. The Hall–Kier alpha value is -2.30. The van der Waals surface area contributed by atoms with Gasteiger partial charge in [-0.15, -0.1) is 0 Å². The van der Waals surface area contributed by atoms with Gasteiger partial charge in [0, 0.05) is 19.2 Å². The number of carbonyl (C=O) groups excluding carboxylic acids is 2. The van der Waals surface area contributed by atoms with Gasteiger partial charge in [-0.05, 0) is 30.2 Å². The summed E-state index contributed by atoms with van der Waals surface area (Å²) in [5.74, 6) is -0.467. The molecule has 0 heterocycles. The van der Waals surface area contributed by atoms with Crippen LogP contribution in [-0.2, 0) is 9.53 Å². The Bertz CT molecular complexity index is 495. The molecule has 0 aliphatic heterocycles. The van der Waals surface area contributed by atoms with E-state index in [4.69, 9.17) is 5.73 Å². The quantitative estimate of drug-likeness (QED) is 0.479. The van der Waals surface area contributed by atoms with E-state index in [2.05, 4.69) is 10.1 Å². The van der Waals surface area contributed by atoms with Crippen molar-refractivity contribution in [1.29, 1.82) is 0 Å². The molecule has 0 fully saturated rings. The molecule has 3 N–H and O–H groups in total. The number of amides is 1. The third-order valence-corrected chi connectivity index (χ3v) is 2.39. The maximum atomic E-state index is 11.4. The minimum atomic E-state index is -0.416. The van der Waals surface area contributed by atoms with Crippen molar-refractivity contribution >= 4 is 23.6 Å². The number of benzene rings is 1. The molecule has 0 aromatic heterocycles. The Kier molecular flexibility index (Phi) is 5.60. The molecule has 0 saturated heterocycles. The van der Waals surface area contributed by atoms with Crippen molar-refractivity contribution in [3.8, 4) is 0 Å². The summed E-state index contributed by atoms with van der Waals surface area (Å²) in [5, 5.41) is 2.69. The predicted octanol–water partition coefficient (Wildman–Crippen LogP) is 1.59. The van der Waals surface area contributed by atoms with Crippen LogP contribution in [0.1, 0.15) is 29.3 Å². The lowest BCUT2D eigenvalue weighted by molar-refractivity contribution is -0.118. The first kappa shape index (κ1) is 14.8. The number of nitrogens with one attached hydrogen (secondary N) is 1. The number of methoxy groups -OCH3 is 1. The number of rotatable bonds is 5. The average Bonchev–Trinajstić information content (AvgIpc) is 2.36. The first-order valence-corrected chi connectivity index (χ1v) is 5.93.